The molecule has 1 aromatic heterocycles. The molecule has 1 N–H and O–H groups in total. The number of hydrogen-bond acceptors (Lipinski definition) is 5. The SMILES string of the molecule is CCCCCCCCCCCCCCCCN(c1ccccc1)c1ccc(C2=C(O)/C(=C3C=C/C(=[O+]\CC(CCCCCC)CCCCCCCC)C=N\3)C2=O)nc1. The second kappa shape index (κ2) is 28.6. The Hall–Kier alpha value is -3.80. The molecule has 0 radical (unpaired) electrons. The van der Waals surface area contributed by atoms with Crippen molar-refractivity contribution in [2.45, 2.75) is 188 Å². The first-order chi connectivity index (χ1) is 28.6. The van der Waals surface area contributed by atoms with Gasteiger partial charge >= 0.3 is 5.78 Å². The van der Waals surface area contributed by atoms with E-state index in [1.165, 1.54) is 161 Å². The highest BCUT2D eigenvalue weighted by molar-refractivity contribution is 6.39. The van der Waals surface area contributed by atoms with Gasteiger partial charge in [-0.25, -0.2) is 4.99 Å². The fourth-order valence-corrected chi connectivity index (χ4v) is 8.26. The number of unbranched alkanes of at least 4 members (excludes halogenated alkanes) is 21. The number of allylic oxidation sites excluding steroid dienone is 4. The van der Waals surface area contributed by atoms with Crippen LogP contribution in [0.1, 0.15) is 193 Å². The van der Waals surface area contributed by atoms with E-state index >= 15 is 0 Å². The largest absolute Gasteiger partial charge is 0.506 e. The van der Waals surface area contributed by atoms with Crippen molar-refractivity contribution in [3.05, 3.63) is 83.5 Å². The molecule has 6 nitrogen and oxygen atoms in total. The second-order valence-electron chi connectivity index (χ2n) is 16.9. The van der Waals surface area contributed by atoms with Gasteiger partial charge in [0.2, 0.25) is 5.78 Å². The van der Waals surface area contributed by atoms with Crippen LogP contribution in [-0.4, -0.2) is 41.0 Å². The molecule has 318 valence electrons. The molecule has 2 aliphatic rings. The van der Waals surface area contributed by atoms with E-state index in [1.807, 2.05) is 30.5 Å². The van der Waals surface area contributed by atoms with Gasteiger partial charge in [0, 0.05) is 24.2 Å². The zero-order valence-corrected chi connectivity index (χ0v) is 36.8. The van der Waals surface area contributed by atoms with Gasteiger partial charge in [-0.1, -0.05) is 187 Å². The lowest BCUT2D eigenvalue weighted by Gasteiger charge is -2.26. The molecule has 1 aliphatic carbocycles. The van der Waals surface area contributed by atoms with Crippen LogP contribution in [0.25, 0.3) is 5.57 Å². The van der Waals surface area contributed by atoms with E-state index in [4.69, 9.17) is 4.42 Å². The summed E-state index contributed by atoms with van der Waals surface area (Å²) in [5.74, 6) is 0.977. The highest BCUT2D eigenvalue weighted by atomic mass is 16.4. The number of Topliss-reactive ketones (excluding diaryl/α,β-unsaturated/α-hetero) is 1. The number of dihydropyridines is 1. The summed E-state index contributed by atoms with van der Waals surface area (Å²) in [5.41, 5.74) is 3.54. The number of aliphatic hydroxyl groups excluding tert-OH is 1. The molecule has 0 saturated carbocycles. The molecule has 0 saturated heterocycles. The highest BCUT2D eigenvalue weighted by Gasteiger charge is 2.38. The number of aromatic nitrogens is 1. The Bertz CT molecular complexity index is 1590. The Morgan fingerprint density at radius 1 is 0.603 bits per heavy atom. The topological polar surface area (TPSA) is 77.1 Å². The van der Waals surface area contributed by atoms with Crippen LogP contribution in [0.15, 0.2) is 82.8 Å². The van der Waals surface area contributed by atoms with Gasteiger partial charge in [0.25, 0.3) is 6.61 Å². The van der Waals surface area contributed by atoms with E-state index in [1.54, 1.807) is 12.3 Å². The first-order valence-corrected chi connectivity index (χ1v) is 23.8. The number of aliphatic hydroxyl groups is 1. The summed E-state index contributed by atoms with van der Waals surface area (Å²) in [6.45, 7) is 8.40. The van der Waals surface area contributed by atoms with Crippen molar-refractivity contribution >= 4 is 34.7 Å². The van der Waals surface area contributed by atoms with Crippen molar-refractivity contribution in [3.8, 4) is 0 Å². The third-order valence-electron chi connectivity index (χ3n) is 12.0. The van der Waals surface area contributed by atoms with Crippen LogP contribution in [-0.2, 0) is 9.22 Å². The summed E-state index contributed by atoms with van der Waals surface area (Å²) in [6.07, 6.45) is 41.3. The van der Waals surface area contributed by atoms with Gasteiger partial charge in [-0.05, 0) is 49.6 Å². The number of hydrogen-bond donors (Lipinski definition) is 1. The maximum absolute atomic E-state index is 13.4. The molecule has 0 spiro atoms. The number of carbonyl (C=O) groups is 1. The quantitative estimate of drug-likeness (QED) is 0.0455. The van der Waals surface area contributed by atoms with E-state index < -0.39 is 0 Å². The summed E-state index contributed by atoms with van der Waals surface area (Å²) >= 11 is 0. The summed E-state index contributed by atoms with van der Waals surface area (Å²) in [6, 6.07) is 14.3. The highest BCUT2D eigenvalue weighted by Crippen LogP contribution is 2.38. The number of anilines is 2. The predicted octanol–water partition coefficient (Wildman–Crippen LogP) is 14.9. The van der Waals surface area contributed by atoms with Crippen molar-refractivity contribution in [1.29, 1.82) is 0 Å². The molecule has 6 heteroatoms. The molecule has 1 unspecified atom stereocenters. The van der Waals surface area contributed by atoms with E-state index in [-0.39, 0.29) is 22.7 Å². The average molecular weight is 793 g/mol. The van der Waals surface area contributed by atoms with Crippen LogP contribution in [0.4, 0.5) is 11.4 Å². The maximum atomic E-state index is 13.4. The van der Waals surface area contributed by atoms with Gasteiger partial charge in [0.05, 0.1) is 34.4 Å². The Morgan fingerprint density at radius 3 is 1.64 bits per heavy atom. The van der Waals surface area contributed by atoms with Crippen LogP contribution in [0.2, 0.25) is 0 Å². The monoisotopic (exact) mass is 793 g/mol. The van der Waals surface area contributed by atoms with Crippen LogP contribution < -0.4 is 4.90 Å². The molecule has 2 aromatic rings. The van der Waals surface area contributed by atoms with Crippen LogP contribution in [0.5, 0.6) is 0 Å². The van der Waals surface area contributed by atoms with Gasteiger partial charge < -0.3 is 10.0 Å². The molecule has 0 amide bonds. The molecule has 1 atom stereocenters. The van der Waals surface area contributed by atoms with Crippen LogP contribution in [0, 0.1) is 5.92 Å². The van der Waals surface area contributed by atoms with Crippen molar-refractivity contribution in [2.75, 3.05) is 18.1 Å². The third kappa shape index (κ3) is 16.5. The summed E-state index contributed by atoms with van der Waals surface area (Å²) in [7, 11) is 0. The Morgan fingerprint density at radius 2 is 1.14 bits per heavy atom. The lowest BCUT2D eigenvalue weighted by molar-refractivity contribution is -0.464. The molecular formula is C52H78N3O3+. The fraction of sp³-hybridized carbons (Fsp3) is 0.615. The molecule has 0 bridgehead atoms. The van der Waals surface area contributed by atoms with E-state index in [2.05, 4.69) is 59.9 Å². The summed E-state index contributed by atoms with van der Waals surface area (Å²) in [5, 5.41) is 11.1. The van der Waals surface area contributed by atoms with E-state index in [0.29, 0.717) is 29.7 Å². The zero-order valence-electron chi connectivity index (χ0n) is 36.8. The predicted molar refractivity (Wildman–Crippen MR) is 247 cm³/mol. The van der Waals surface area contributed by atoms with E-state index in [0.717, 1.165) is 24.3 Å². The number of para-hydroxylation sites is 1. The molecule has 2 heterocycles. The van der Waals surface area contributed by atoms with Crippen molar-refractivity contribution < 1.29 is 14.3 Å². The van der Waals surface area contributed by atoms with Crippen LogP contribution in [0.3, 0.4) is 0 Å². The number of pyridine rings is 1. The van der Waals surface area contributed by atoms with Gasteiger partial charge in [0.1, 0.15) is 12.0 Å². The van der Waals surface area contributed by atoms with Gasteiger partial charge in [0.15, 0.2) is 0 Å². The number of carbonyl (C=O) groups excluding carboxylic acids is 2. The molecule has 0 fully saturated rings. The normalized spacial score (nSPS) is 16.4. The third-order valence-corrected chi connectivity index (χ3v) is 12.0. The Labute approximate surface area is 353 Å². The molecule has 1 aliphatic heterocycles. The summed E-state index contributed by atoms with van der Waals surface area (Å²) < 4.78 is 6.24. The molecule has 58 heavy (non-hydrogen) atoms. The Balaban J connectivity index is 1.27. The van der Waals surface area contributed by atoms with Crippen molar-refractivity contribution in [1.82, 2.24) is 4.98 Å². The number of aliphatic imine (C=N–C) groups is 1. The minimum atomic E-state index is -0.229. The molecule has 4 rings (SSSR count). The molecule has 1 aromatic carbocycles. The number of benzene rings is 1. The minimum Gasteiger partial charge on any atom is -0.506 e. The lowest BCUT2D eigenvalue weighted by Crippen LogP contribution is -2.24. The first kappa shape index (κ1) is 46.9. The second-order valence-corrected chi connectivity index (χ2v) is 16.9. The number of nitrogens with zero attached hydrogens (tertiary/aromatic N) is 3. The molecular weight excluding hydrogens is 715 g/mol. The van der Waals surface area contributed by atoms with E-state index in [9.17, 15) is 9.90 Å². The van der Waals surface area contributed by atoms with Crippen molar-refractivity contribution in [3.63, 3.8) is 0 Å². The van der Waals surface area contributed by atoms with Crippen molar-refractivity contribution in [2.24, 2.45) is 10.9 Å². The Kier molecular flexibility index (Phi) is 23.1. The minimum absolute atomic E-state index is 0.0418. The first-order valence-electron chi connectivity index (χ1n) is 23.8. The van der Waals surface area contributed by atoms with Gasteiger partial charge in [-0.15, -0.1) is 0 Å². The summed E-state index contributed by atoms with van der Waals surface area (Å²) in [4.78, 5) is 25.0. The standard InChI is InChI=1S/C52H77N3O3/c1-4-7-10-13-15-16-17-18-19-20-21-22-24-30-39-55(44-33-28-25-29-34-44)45-35-37-47(53-40-45)49-51(56)50(52(49)57)48-38-36-46(41-54-48)58-42-43(31-26-12-9-6-3)32-27-23-14-11-8-5-2/h25,28-29,33-38,40-41,43H,4-24,26-27,30-32,39,42H2,1-3H3/p+1. The lowest BCUT2D eigenvalue weighted by atomic mass is 9.84. The maximum Gasteiger partial charge on any atom is 0.361 e. The smallest absolute Gasteiger partial charge is 0.361 e. The van der Waals surface area contributed by atoms with Crippen LogP contribution >= 0.6 is 0 Å². The zero-order chi connectivity index (χ0) is 41.0. The number of rotatable bonds is 32. The average Bonchev–Trinajstić information content (AvgIpc) is 3.25. The van der Waals surface area contributed by atoms with Gasteiger partial charge in [-0.3, -0.25) is 14.2 Å². The van der Waals surface area contributed by atoms with Gasteiger partial charge in [-0.2, -0.15) is 0 Å². The fourth-order valence-electron chi connectivity index (χ4n) is 8.26. The number of ketones is 2.